The van der Waals surface area contributed by atoms with Crippen LogP contribution in [0.3, 0.4) is 0 Å². The lowest BCUT2D eigenvalue weighted by Gasteiger charge is -2.49. The number of aliphatic carboxylic acids is 2. The number of hydrogen-bond acceptors (Lipinski definition) is 3. The largest absolute Gasteiger partial charge is 0.481 e. The van der Waals surface area contributed by atoms with E-state index in [4.69, 9.17) is 0 Å². The number of aliphatic hydroxyl groups is 1. The van der Waals surface area contributed by atoms with Crippen LogP contribution in [0.5, 0.6) is 0 Å². The average Bonchev–Trinajstić information content (AvgIpc) is 2.49. The van der Waals surface area contributed by atoms with E-state index in [2.05, 4.69) is 76.9 Å². The van der Waals surface area contributed by atoms with E-state index in [1.165, 1.54) is 6.08 Å². The van der Waals surface area contributed by atoms with E-state index in [-0.39, 0.29) is 19.9 Å². The summed E-state index contributed by atoms with van der Waals surface area (Å²) in [6.07, 6.45) is 0.356. The summed E-state index contributed by atoms with van der Waals surface area (Å²) in [5, 5.41) is 30.4. The molecule has 1 rings (SSSR count). The summed E-state index contributed by atoms with van der Waals surface area (Å²) in [6, 6.07) is 0. The molecule has 3 atom stereocenters. The molecule has 23 heavy (non-hydrogen) atoms. The number of rotatable bonds is 6. The van der Waals surface area contributed by atoms with E-state index in [9.17, 15) is 24.9 Å². The molecule has 0 aromatic heterocycles. The third-order valence-electron chi connectivity index (χ3n) is 3.79. The Bertz CT molecular complexity index is 654. The molecule has 0 radical (unpaired) electrons. The molecule has 1 aliphatic carbocycles. The minimum atomic E-state index is -2.25. The molecular weight excluding hydrogens is 568 g/mol. The summed E-state index contributed by atoms with van der Waals surface area (Å²) < 4.78 is 0.635. The first-order chi connectivity index (χ1) is 10.6. The molecule has 0 saturated carbocycles. The van der Waals surface area contributed by atoms with Gasteiger partial charge in [0.25, 0.3) is 0 Å². The maximum Gasteiger partial charge on any atom is 0.319 e. The summed E-state index contributed by atoms with van der Waals surface area (Å²) in [5.74, 6) is -2.95. The lowest BCUT2D eigenvalue weighted by Crippen LogP contribution is -2.60. The van der Waals surface area contributed by atoms with Gasteiger partial charge in [-0.25, -0.2) is 0 Å². The Morgan fingerprint density at radius 1 is 1.04 bits per heavy atom. The molecule has 0 aromatic carbocycles. The van der Waals surface area contributed by atoms with E-state index in [0.29, 0.717) is 4.48 Å². The van der Waals surface area contributed by atoms with Gasteiger partial charge in [0.1, 0.15) is 5.41 Å². The maximum absolute atomic E-state index is 12.2. The van der Waals surface area contributed by atoms with Crippen LogP contribution in [-0.4, -0.2) is 33.4 Å². The first-order valence-electron chi connectivity index (χ1n) is 6.07. The normalized spacial score (nSPS) is 29.3. The fourth-order valence-electron chi connectivity index (χ4n) is 2.69. The molecule has 3 unspecified atom stereocenters. The molecule has 3 N–H and O–H groups in total. The highest BCUT2D eigenvalue weighted by atomic mass is 79.9. The van der Waals surface area contributed by atoms with Crippen molar-refractivity contribution in [1.29, 1.82) is 0 Å². The summed E-state index contributed by atoms with van der Waals surface area (Å²) in [4.78, 5) is 24.4. The zero-order valence-electron chi connectivity index (χ0n) is 11.5. The Hall–Kier alpha value is -0.220. The number of aliphatic hydroxyl groups excluding tert-OH is 1. The Kier molecular flexibility index (Phi) is 6.65. The van der Waals surface area contributed by atoms with Gasteiger partial charge in [-0.3, -0.25) is 9.59 Å². The lowest BCUT2D eigenvalue weighted by molar-refractivity contribution is -0.172. The van der Waals surface area contributed by atoms with E-state index in [1.54, 1.807) is 0 Å². The first kappa shape index (κ1) is 20.8. The van der Waals surface area contributed by atoms with Gasteiger partial charge >= 0.3 is 11.9 Å². The quantitative estimate of drug-likeness (QED) is 0.409. The van der Waals surface area contributed by atoms with Crippen molar-refractivity contribution < 1.29 is 24.9 Å². The minimum Gasteiger partial charge on any atom is -0.481 e. The number of halogens is 4. The standard InChI is InChI=1S/C14H12Br4O5/c1-3-5-13(11(20)21)9(17)7(15)8(16)10(18)14(13,12(22)23)6(19)4-2/h3-4,6,19H,1-2,5H2,(H,20,21)(H,22,23). The van der Waals surface area contributed by atoms with Crippen molar-refractivity contribution in [2.45, 2.75) is 12.5 Å². The molecule has 0 aliphatic heterocycles. The molecule has 1 aliphatic rings. The highest BCUT2D eigenvalue weighted by Gasteiger charge is 2.69. The third-order valence-corrected chi connectivity index (χ3v) is 9.07. The van der Waals surface area contributed by atoms with Crippen molar-refractivity contribution in [3.05, 3.63) is 43.2 Å². The van der Waals surface area contributed by atoms with Gasteiger partial charge in [-0.05, 0) is 38.3 Å². The third kappa shape index (κ3) is 2.64. The van der Waals surface area contributed by atoms with Crippen molar-refractivity contribution in [3.8, 4) is 0 Å². The lowest BCUT2D eigenvalue weighted by atomic mass is 9.56. The second-order valence-electron chi connectivity index (χ2n) is 4.75. The van der Waals surface area contributed by atoms with Crippen LogP contribution in [0.15, 0.2) is 43.2 Å². The van der Waals surface area contributed by atoms with Crippen molar-refractivity contribution in [1.82, 2.24) is 0 Å². The molecule has 9 heteroatoms. The van der Waals surface area contributed by atoms with E-state index < -0.39 is 28.9 Å². The fourth-order valence-corrected chi connectivity index (χ4v) is 6.06. The molecule has 0 spiro atoms. The number of carbonyl (C=O) groups is 2. The predicted octanol–water partition coefficient (Wildman–Crippen LogP) is 4.27. The van der Waals surface area contributed by atoms with Crippen LogP contribution < -0.4 is 0 Å². The molecule has 0 heterocycles. The van der Waals surface area contributed by atoms with Gasteiger partial charge in [-0.2, -0.15) is 0 Å². The molecule has 126 valence electrons. The fraction of sp³-hybridized carbons (Fsp3) is 0.286. The van der Waals surface area contributed by atoms with E-state index >= 15 is 0 Å². The molecular formula is C14H12Br4O5. The number of hydrogen-bond donors (Lipinski definition) is 3. The Morgan fingerprint density at radius 3 is 1.87 bits per heavy atom. The topological polar surface area (TPSA) is 94.8 Å². The Balaban J connectivity index is 4.14. The second-order valence-corrected chi connectivity index (χ2v) is 7.92. The smallest absolute Gasteiger partial charge is 0.319 e. The summed E-state index contributed by atoms with van der Waals surface area (Å²) in [6.45, 7) is 6.95. The Labute approximate surface area is 166 Å². The molecule has 0 bridgehead atoms. The monoisotopic (exact) mass is 576 g/mol. The van der Waals surface area contributed by atoms with Crippen molar-refractivity contribution in [2.75, 3.05) is 0 Å². The van der Waals surface area contributed by atoms with Crippen LogP contribution in [0.1, 0.15) is 6.42 Å². The van der Waals surface area contributed by atoms with Gasteiger partial charge in [0.2, 0.25) is 0 Å². The molecule has 0 fully saturated rings. The van der Waals surface area contributed by atoms with Gasteiger partial charge < -0.3 is 15.3 Å². The van der Waals surface area contributed by atoms with E-state index in [1.807, 2.05) is 0 Å². The molecule has 5 nitrogen and oxygen atoms in total. The summed E-state index contributed by atoms with van der Waals surface area (Å²) >= 11 is 12.8. The van der Waals surface area contributed by atoms with Crippen LogP contribution in [0.25, 0.3) is 0 Å². The second kappa shape index (κ2) is 7.35. The van der Waals surface area contributed by atoms with Crippen molar-refractivity contribution in [2.24, 2.45) is 10.8 Å². The summed E-state index contributed by atoms with van der Waals surface area (Å²) in [7, 11) is 0. The van der Waals surface area contributed by atoms with Crippen molar-refractivity contribution in [3.63, 3.8) is 0 Å². The molecule has 0 saturated heterocycles. The predicted molar refractivity (Wildman–Crippen MR) is 101 cm³/mol. The number of allylic oxidation sites excluding steroid dienone is 3. The van der Waals surface area contributed by atoms with Crippen LogP contribution >= 0.6 is 63.7 Å². The molecule has 0 aromatic rings. The van der Waals surface area contributed by atoms with Gasteiger partial charge in [0.15, 0.2) is 5.41 Å². The summed E-state index contributed by atoms with van der Waals surface area (Å²) in [5.41, 5.74) is -4.28. The van der Waals surface area contributed by atoms with Gasteiger partial charge in [-0.15, -0.1) is 13.2 Å². The van der Waals surface area contributed by atoms with Gasteiger partial charge in [-0.1, -0.05) is 44.0 Å². The zero-order chi connectivity index (χ0) is 18.2. The molecule has 0 amide bonds. The van der Waals surface area contributed by atoms with Gasteiger partial charge in [0, 0.05) is 17.9 Å². The Morgan fingerprint density at radius 2 is 1.52 bits per heavy atom. The number of carboxylic acids is 2. The van der Waals surface area contributed by atoms with Crippen LogP contribution in [0.4, 0.5) is 0 Å². The zero-order valence-corrected chi connectivity index (χ0v) is 17.9. The average molecular weight is 580 g/mol. The number of carboxylic acid groups (broad SMARTS) is 2. The van der Waals surface area contributed by atoms with Crippen LogP contribution in [-0.2, 0) is 9.59 Å². The van der Waals surface area contributed by atoms with Crippen LogP contribution in [0.2, 0.25) is 0 Å². The highest BCUT2D eigenvalue weighted by Crippen LogP contribution is 2.65. The van der Waals surface area contributed by atoms with E-state index in [0.717, 1.165) is 6.08 Å². The van der Waals surface area contributed by atoms with Gasteiger partial charge in [0.05, 0.1) is 6.10 Å². The highest BCUT2D eigenvalue weighted by molar-refractivity contribution is 9.17. The SMILES string of the molecule is C=CCC1(C(=O)O)C(Br)=C(Br)C(Br)=C(Br)C1(C(=O)O)C(O)C=C. The van der Waals surface area contributed by atoms with Crippen molar-refractivity contribution >= 4 is 75.7 Å². The van der Waals surface area contributed by atoms with Crippen LogP contribution in [0, 0.1) is 10.8 Å². The minimum absolute atomic E-state index is 0.0239. The maximum atomic E-state index is 12.2. The first-order valence-corrected chi connectivity index (χ1v) is 9.24.